The van der Waals surface area contributed by atoms with Crippen LogP contribution in [0.2, 0.25) is 0 Å². The summed E-state index contributed by atoms with van der Waals surface area (Å²) in [5, 5.41) is 21.8. The van der Waals surface area contributed by atoms with Crippen molar-refractivity contribution in [3.8, 4) is 5.75 Å². The number of anilines is 2. The molecule has 3 rings (SSSR count). The fraction of sp³-hybridized carbons (Fsp3) is 0.316. The first-order valence-corrected chi connectivity index (χ1v) is 8.64. The quantitative estimate of drug-likeness (QED) is 0.637. The van der Waals surface area contributed by atoms with Crippen LogP contribution in [0.3, 0.4) is 0 Å². The summed E-state index contributed by atoms with van der Waals surface area (Å²) >= 11 is 0. The van der Waals surface area contributed by atoms with Gasteiger partial charge < -0.3 is 25.0 Å². The van der Waals surface area contributed by atoms with Crippen LogP contribution in [0.5, 0.6) is 5.75 Å². The monoisotopic (exact) mass is 371 g/mol. The lowest BCUT2D eigenvalue weighted by Crippen LogP contribution is -2.11. The number of rotatable bonds is 7. The minimum atomic E-state index is -1.17. The summed E-state index contributed by atoms with van der Waals surface area (Å²) in [7, 11) is 0. The zero-order valence-electron chi connectivity index (χ0n) is 14.9. The van der Waals surface area contributed by atoms with Crippen LogP contribution in [0.4, 0.5) is 11.5 Å². The van der Waals surface area contributed by atoms with Crippen molar-refractivity contribution in [2.75, 3.05) is 25.3 Å². The van der Waals surface area contributed by atoms with Gasteiger partial charge in [-0.2, -0.15) is 0 Å². The number of aliphatic hydroxyl groups excluding tert-OH is 1. The van der Waals surface area contributed by atoms with Crippen molar-refractivity contribution in [1.82, 2.24) is 9.97 Å². The lowest BCUT2D eigenvalue weighted by molar-refractivity contribution is 0.0690. The minimum absolute atomic E-state index is 0.112. The van der Waals surface area contributed by atoms with Gasteiger partial charge in [0.25, 0.3) is 0 Å². The third-order valence-corrected chi connectivity index (χ3v) is 4.17. The first-order valence-electron chi connectivity index (χ1n) is 8.64. The van der Waals surface area contributed by atoms with E-state index in [2.05, 4.69) is 15.3 Å². The lowest BCUT2D eigenvalue weighted by atomic mass is 9.99. The van der Waals surface area contributed by atoms with Gasteiger partial charge in [0.15, 0.2) is 24.1 Å². The third kappa shape index (κ3) is 4.24. The Bertz CT molecular complexity index is 866. The van der Waals surface area contributed by atoms with Gasteiger partial charge in [-0.1, -0.05) is 25.1 Å². The fourth-order valence-corrected chi connectivity index (χ4v) is 2.84. The lowest BCUT2D eigenvalue weighted by Gasteiger charge is -2.20. The van der Waals surface area contributed by atoms with Crippen molar-refractivity contribution in [1.29, 1.82) is 0 Å². The molecule has 0 saturated heterocycles. The molecule has 8 nitrogen and oxygen atoms in total. The van der Waals surface area contributed by atoms with E-state index in [0.29, 0.717) is 36.8 Å². The SMILES string of the molecule is CCc1cnc(Nc2cccc(C3=CCOCC3)c2OCO)c(C(=O)O)n1. The number of aromatic nitrogens is 2. The van der Waals surface area contributed by atoms with Gasteiger partial charge in [-0.05, 0) is 24.5 Å². The molecule has 0 spiro atoms. The summed E-state index contributed by atoms with van der Waals surface area (Å²) in [6, 6.07) is 5.44. The number of carboxylic acid groups (broad SMARTS) is 1. The molecule has 142 valence electrons. The van der Waals surface area contributed by atoms with Crippen molar-refractivity contribution in [2.45, 2.75) is 19.8 Å². The Labute approximate surface area is 156 Å². The van der Waals surface area contributed by atoms with E-state index in [-0.39, 0.29) is 11.5 Å². The number of para-hydroxylation sites is 1. The maximum absolute atomic E-state index is 11.6. The largest absolute Gasteiger partial charge is 0.476 e. The summed E-state index contributed by atoms with van der Waals surface area (Å²) in [5.41, 5.74) is 2.77. The normalized spacial score (nSPS) is 13.8. The van der Waals surface area contributed by atoms with Crippen LogP contribution < -0.4 is 10.1 Å². The molecule has 0 saturated carbocycles. The molecule has 0 aliphatic carbocycles. The molecule has 0 amide bonds. The van der Waals surface area contributed by atoms with E-state index in [4.69, 9.17) is 9.47 Å². The zero-order valence-corrected chi connectivity index (χ0v) is 14.9. The van der Waals surface area contributed by atoms with Crippen molar-refractivity contribution < 1.29 is 24.5 Å². The van der Waals surface area contributed by atoms with Crippen LogP contribution in [-0.2, 0) is 11.2 Å². The molecule has 27 heavy (non-hydrogen) atoms. The van der Waals surface area contributed by atoms with Crippen molar-refractivity contribution in [3.05, 3.63) is 47.4 Å². The number of carbonyl (C=O) groups is 1. The highest BCUT2D eigenvalue weighted by Crippen LogP contribution is 2.37. The number of ether oxygens (including phenoxy) is 2. The second kappa shape index (κ2) is 8.61. The first kappa shape index (κ1) is 18.8. The zero-order chi connectivity index (χ0) is 19.2. The number of hydrogen-bond donors (Lipinski definition) is 3. The van der Waals surface area contributed by atoms with E-state index in [1.165, 1.54) is 6.20 Å². The smallest absolute Gasteiger partial charge is 0.358 e. The van der Waals surface area contributed by atoms with Crippen LogP contribution in [-0.4, -0.2) is 46.2 Å². The van der Waals surface area contributed by atoms with Gasteiger partial charge in [0.05, 0.1) is 30.8 Å². The molecule has 0 atom stereocenters. The number of nitrogens with one attached hydrogen (secondary N) is 1. The van der Waals surface area contributed by atoms with Crippen LogP contribution in [0.25, 0.3) is 5.57 Å². The highest BCUT2D eigenvalue weighted by atomic mass is 16.6. The molecule has 1 aliphatic rings. The van der Waals surface area contributed by atoms with E-state index in [1.54, 1.807) is 6.07 Å². The second-order valence-corrected chi connectivity index (χ2v) is 5.85. The number of hydrogen-bond acceptors (Lipinski definition) is 7. The predicted molar refractivity (Wildman–Crippen MR) is 99.2 cm³/mol. The molecule has 1 aliphatic heterocycles. The second-order valence-electron chi connectivity index (χ2n) is 5.85. The average molecular weight is 371 g/mol. The fourth-order valence-electron chi connectivity index (χ4n) is 2.84. The Morgan fingerprint density at radius 2 is 2.26 bits per heavy atom. The molecule has 8 heteroatoms. The molecule has 0 unspecified atom stereocenters. The Kier molecular flexibility index (Phi) is 6.00. The van der Waals surface area contributed by atoms with E-state index < -0.39 is 12.8 Å². The number of nitrogens with zero attached hydrogens (tertiary/aromatic N) is 2. The Morgan fingerprint density at radius 3 is 2.93 bits per heavy atom. The van der Waals surface area contributed by atoms with E-state index in [9.17, 15) is 15.0 Å². The highest BCUT2D eigenvalue weighted by molar-refractivity contribution is 5.92. The molecule has 0 fully saturated rings. The van der Waals surface area contributed by atoms with E-state index in [1.807, 2.05) is 25.1 Å². The van der Waals surface area contributed by atoms with Gasteiger partial charge in [0.2, 0.25) is 0 Å². The van der Waals surface area contributed by atoms with Crippen molar-refractivity contribution in [2.24, 2.45) is 0 Å². The maximum Gasteiger partial charge on any atom is 0.358 e. The molecule has 2 heterocycles. The van der Waals surface area contributed by atoms with Crippen LogP contribution in [0.1, 0.15) is 35.1 Å². The summed E-state index contributed by atoms with van der Waals surface area (Å²) in [5.74, 6) is -0.639. The van der Waals surface area contributed by atoms with Gasteiger partial charge in [-0.3, -0.25) is 0 Å². The number of carboxylic acids is 1. The van der Waals surface area contributed by atoms with Gasteiger partial charge in [-0.15, -0.1) is 0 Å². The van der Waals surface area contributed by atoms with E-state index >= 15 is 0 Å². The van der Waals surface area contributed by atoms with Gasteiger partial charge in [0.1, 0.15) is 0 Å². The molecular weight excluding hydrogens is 350 g/mol. The Morgan fingerprint density at radius 1 is 1.41 bits per heavy atom. The summed E-state index contributed by atoms with van der Waals surface area (Å²) < 4.78 is 10.8. The molecule has 1 aromatic heterocycles. The summed E-state index contributed by atoms with van der Waals surface area (Å²) in [6.07, 6.45) is 4.80. The Hall–Kier alpha value is -2.97. The highest BCUT2D eigenvalue weighted by Gasteiger charge is 2.19. The molecular formula is C19H21N3O5. The molecule has 0 bridgehead atoms. The average Bonchev–Trinajstić information content (AvgIpc) is 2.70. The number of benzene rings is 1. The summed E-state index contributed by atoms with van der Waals surface area (Å²) in [4.78, 5) is 19.9. The van der Waals surface area contributed by atoms with Crippen LogP contribution >= 0.6 is 0 Å². The first-order chi connectivity index (χ1) is 13.1. The van der Waals surface area contributed by atoms with Crippen molar-refractivity contribution in [3.63, 3.8) is 0 Å². The minimum Gasteiger partial charge on any atom is -0.476 e. The van der Waals surface area contributed by atoms with Crippen LogP contribution in [0.15, 0.2) is 30.5 Å². The van der Waals surface area contributed by atoms with Gasteiger partial charge in [-0.25, -0.2) is 14.8 Å². The third-order valence-electron chi connectivity index (χ3n) is 4.17. The number of aromatic carboxylic acids is 1. The van der Waals surface area contributed by atoms with Crippen LogP contribution in [0, 0.1) is 0 Å². The molecule has 3 N–H and O–H groups in total. The van der Waals surface area contributed by atoms with Crippen molar-refractivity contribution >= 4 is 23.0 Å². The maximum atomic E-state index is 11.6. The predicted octanol–water partition coefficient (Wildman–Crippen LogP) is 2.61. The Balaban J connectivity index is 2.02. The standard InChI is InChI=1S/C19H21N3O5/c1-2-13-10-20-18(16(21-13)19(24)25)22-15-5-3-4-14(17(15)27-11-23)12-6-8-26-9-7-12/h3-6,10,23H,2,7-9,11H2,1H3,(H,20,22)(H,24,25). The molecule has 0 radical (unpaired) electrons. The molecule has 2 aromatic rings. The molecule has 1 aromatic carbocycles. The topological polar surface area (TPSA) is 114 Å². The number of aryl methyl sites for hydroxylation is 1. The summed E-state index contributed by atoms with van der Waals surface area (Å²) in [6.45, 7) is 2.48. The van der Waals surface area contributed by atoms with Gasteiger partial charge >= 0.3 is 5.97 Å². The van der Waals surface area contributed by atoms with Gasteiger partial charge in [0, 0.05) is 5.56 Å². The van der Waals surface area contributed by atoms with E-state index in [0.717, 1.165) is 17.6 Å². The number of aliphatic hydroxyl groups is 1.